The number of aromatic nitrogens is 1. The van der Waals surface area contributed by atoms with E-state index in [-0.39, 0.29) is 15.8 Å². The van der Waals surface area contributed by atoms with E-state index in [0.717, 1.165) is 0 Å². The van der Waals surface area contributed by atoms with Crippen molar-refractivity contribution < 1.29 is 0 Å². The lowest BCUT2D eigenvalue weighted by atomic mass is 9.38. The van der Waals surface area contributed by atoms with Gasteiger partial charge in [-0.2, -0.15) is 0 Å². The van der Waals surface area contributed by atoms with Crippen molar-refractivity contribution in [3.8, 4) is 0 Å². The molecule has 11 heteroatoms. The number of hydrogen-bond donors (Lipinski definition) is 0. The molecule has 0 saturated heterocycles. The maximum absolute atomic E-state index is 2.71. The third-order valence-electron chi connectivity index (χ3n) is 7.57. The van der Waals surface area contributed by atoms with Gasteiger partial charge >= 0.3 is 0 Å². The summed E-state index contributed by atoms with van der Waals surface area (Å²) in [4.78, 5) is 0. The SMILES string of the molecule is Bc1c(B)c(C(B)(B)B)c2c(c1B)c1c(B)c(C)c(C)c(C(B)(B)B)c1n2C(C)(C)C. The zero-order valence-corrected chi connectivity index (χ0v) is 22.9. The van der Waals surface area contributed by atoms with Gasteiger partial charge in [0.05, 0.1) is 58.1 Å². The van der Waals surface area contributed by atoms with Crippen LogP contribution in [0.5, 0.6) is 0 Å². The molecule has 2 aromatic carbocycles. The summed E-state index contributed by atoms with van der Waals surface area (Å²) in [6, 6.07) is 0. The molecule has 0 unspecified atom stereocenters. The number of benzene rings is 2. The molecule has 150 valence electrons. The van der Waals surface area contributed by atoms with E-state index < -0.39 is 0 Å². The van der Waals surface area contributed by atoms with E-state index in [2.05, 4.69) is 118 Å². The summed E-state index contributed by atoms with van der Waals surface area (Å²) in [6.45, 7) is 11.8. The van der Waals surface area contributed by atoms with Gasteiger partial charge in [0.2, 0.25) is 0 Å². The van der Waals surface area contributed by atoms with Crippen LogP contribution in [0.25, 0.3) is 21.8 Å². The molecule has 0 radical (unpaired) electrons. The van der Waals surface area contributed by atoms with Crippen molar-refractivity contribution in [3.05, 3.63) is 22.3 Å². The van der Waals surface area contributed by atoms with E-state index in [9.17, 15) is 0 Å². The molecule has 1 nitrogen and oxygen atoms in total. The van der Waals surface area contributed by atoms with Gasteiger partial charge in [-0.3, -0.25) is 0 Å². The van der Waals surface area contributed by atoms with Gasteiger partial charge in [0.25, 0.3) is 0 Å². The molecule has 0 saturated carbocycles. The maximum Gasteiger partial charge on any atom is 0.140 e. The van der Waals surface area contributed by atoms with E-state index in [1.165, 1.54) is 65.9 Å². The van der Waals surface area contributed by atoms with Crippen molar-refractivity contribution in [2.24, 2.45) is 0 Å². The van der Waals surface area contributed by atoms with Crippen LogP contribution in [0.15, 0.2) is 0 Å². The lowest BCUT2D eigenvalue weighted by Crippen LogP contribution is -2.47. The maximum atomic E-state index is 2.71. The van der Waals surface area contributed by atoms with Gasteiger partial charge in [0.1, 0.15) is 31.4 Å². The van der Waals surface area contributed by atoms with Gasteiger partial charge in [0, 0.05) is 16.3 Å². The lowest BCUT2D eigenvalue weighted by Gasteiger charge is -2.33. The van der Waals surface area contributed by atoms with Gasteiger partial charge in [-0.15, -0.1) is 5.46 Å². The van der Waals surface area contributed by atoms with Crippen LogP contribution in [-0.2, 0) is 15.8 Å². The quantitative estimate of drug-likeness (QED) is 0.379. The summed E-state index contributed by atoms with van der Waals surface area (Å²) in [5.41, 5.74) is 14.6. The summed E-state index contributed by atoms with van der Waals surface area (Å²) in [5, 5.41) is 3.09. The van der Waals surface area contributed by atoms with Crippen molar-refractivity contribution in [2.75, 3.05) is 0 Å². The Morgan fingerprint density at radius 3 is 1.39 bits per heavy atom. The zero-order chi connectivity index (χ0) is 24.0. The predicted octanol–water partition coefficient (Wildman–Crippen LogP) is -7.78. The zero-order valence-electron chi connectivity index (χ0n) is 22.9. The van der Waals surface area contributed by atoms with Crippen LogP contribution in [0.4, 0.5) is 0 Å². The van der Waals surface area contributed by atoms with Gasteiger partial charge in [0.15, 0.2) is 0 Å². The Morgan fingerprint density at radius 1 is 0.548 bits per heavy atom. The third kappa shape index (κ3) is 3.53. The Bertz CT molecular complexity index is 1150. The van der Waals surface area contributed by atoms with Crippen LogP contribution in [0.2, 0.25) is 0 Å². The highest BCUT2D eigenvalue weighted by Crippen LogP contribution is 2.40. The molecule has 1 aromatic heterocycles. The molecule has 31 heavy (non-hydrogen) atoms. The molecule has 1 heterocycles. The monoisotopic (exact) mass is 399 g/mol. The summed E-state index contributed by atoms with van der Waals surface area (Å²) < 4.78 is 2.71. The third-order valence-corrected chi connectivity index (χ3v) is 7.57. The number of nitrogens with zero attached hydrogens (tertiary/aromatic N) is 1. The van der Waals surface area contributed by atoms with Crippen LogP contribution in [0.3, 0.4) is 0 Å². The summed E-state index contributed by atoms with van der Waals surface area (Å²) in [6.07, 6.45) is 0. The van der Waals surface area contributed by atoms with Crippen LogP contribution >= 0.6 is 0 Å². The molecule has 0 aliphatic heterocycles. The Hall–Kier alpha value is -1.11. The Kier molecular flexibility index (Phi) is 5.69. The molecule has 0 amide bonds. The highest BCUT2D eigenvalue weighted by atomic mass is 15.1. The largest absolute Gasteiger partial charge is 0.335 e. The van der Waals surface area contributed by atoms with Gasteiger partial charge < -0.3 is 4.57 Å². The van der Waals surface area contributed by atoms with E-state index in [0.29, 0.717) is 0 Å². The van der Waals surface area contributed by atoms with Crippen molar-refractivity contribution >= 4 is 122 Å². The van der Waals surface area contributed by atoms with E-state index in [1.54, 1.807) is 0 Å². The molecule has 0 fully saturated rings. The number of rotatable bonds is 2. The first-order valence-electron chi connectivity index (χ1n) is 11.9. The highest BCUT2D eigenvalue weighted by molar-refractivity contribution is 6.67. The topological polar surface area (TPSA) is 4.93 Å². The highest BCUT2D eigenvalue weighted by Gasteiger charge is 2.34. The molecular weight excluding hydrogens is 362 g/mol. The molecule has 0 spiro atoms. The van der Waals surface area contributed by atoms with Crippen molar-refractivity contribution in [2.45, 2.75) is 50.4 Å². The lowest BCUT2D eigenvalue weighted by molar-refractivity contribution is 0.422. The number of hydrogen-bond acceptors (Lipinski definition) is 0. The van der Waals surface area contributed by atoms with Gasteiger partial charge in [-0.25, -0.2) is 0 Å². The molecule has 0 atom stereocenters. The van der Waals surface area contributed by atoms with Gasteiger partial charge in [-0.1, -0.05) is 32.2 Å². The first-order chi connectivity index (χ1) is 13.8. The second kappa shape index (κ2) is 7.19. The number of fused-ring (bicyclic) bond motifs is 3. The van der Waals surface area contributed by atoms with Gasteiger partial charge in [-0.05, 0) is 51.3 Å². The molecule has 0 bridgehead atoms. The minimum absolute atomic E-state index is 0.0255. The van der Waals surface area contributed by atoms with Crippen LogP contribution in [0, 0.1) is 13.8 Å². The Balaban J connectivity index is 2.97. The van der Waals surface area contributed by atoms with Crippen LogP contribution < -0.4 is 21.9 Å². The van der Waals surface area contributed by atoms with Crippen molar-refractivity contribution in [3.63, 3.8) is 0 Å². The Morgan fingerprint density at radius 2 is 0.968 bits per heavy atom. The Labute approximate surface area is 199 Å². The first kappa shape index (κ1) is 24.5. The first-order valence-corrected chi connectivity index (χ1v) is 11.9. The van der Waals surface area contributed by atoms with E-state index in [4.69, 9.17) is 0 Å². The summed E-state index contributed by atoms with van der Waals surface area (Å²) >= 11 is 0. The molecule has 0 aliphatic rings. The van der Waals surface area contributed by atoms with E-state index in [1.807, 2.05) is 0 Å². The van der Waals surface area contributed by atoms with Crippen molar-refractivity contribution in [1.29, 1.82) is 0 Å². The summed E-state index contributed by atoms with van der Waals surface area (Å²) in [7, 11) is 23.6. The average molecular weight is 398 g/mol. The minimum atomic E-state index is -0.0255. The molecule has 3 rings (SSSR count). The summed E-state index contributed by atoms with van der Waals surface area (Å²) in [5.74, 6) is 0. The second-order valence-electron chi connectivity index (χ2n) is 13.0. The minimum Gasteiger partial charge on any atom is -0.335 e. The normalized spacial score (nSPS) is 13.3. The predicted molar refractivity (Wildman–Crippen MR) is 171 cm³/mol. The van der Waals surface area contributed by atoms with Crippen molar-refractivity contribution in [1.82, 2.24) is 4.57 Å². The fourth-order valence-electron chi connectivity index (χ4n) is 5.95. The fourth-order valence-corrected chi connectivity index (χ4v) is 5.95. The standard InChI is InChI=1S/C20H35B10N/c1-6-7(2)12(21)8-9-13(22)15(24)14(23)11(20(28,29)30)17(9)31(18(3,4)5)16(8)10(6)19(25,26)27/h21-30H2,1-5H3. The smallest absolute Gasteiger partial charge is 0.140 e. The molecular formula is C20H35B10N. The second-order valence-corrected chi connectivity index (χ2v) is 13.0. The van der Waals surface area contributed by atoms with Crippen LogP contribution in [-0.4, -0.2) is 83.0 Å². The molecule has 0 aliphatic carbocycles. The molecule has 3 aromatic rings. The van der Waals surface area contributed by atoms with E-state index >= 15 is 0 Å². The molecule has 0 N–H and O–H groups in total. The fraction of sp³-hybridized carbons (Fsp3) is 0.400. The van der Waals surface area contributed by atoms with Crippen LogP contribution in [0.1, 0.15) is 43.0 Å². The average Bonchev–Trinajstić information content (AvgIpc) is 2.90.